The van der Waals surface area contributed by atoms with Crippen molar-refractivity contribution < 1.29 is 18.7 Å². The molecule has 1 N–H and O–H groups in total. The van der Waals surface area contributed by atoms with Gasteiger partial charge in [0.1, 0.15) is 24.1 Å². The van der Waals surface area contributed by atoms with Gasteiger partial charge in [0.15, 0.2) is 11.5 Å². The highest BCUT2D eigenvalue weighted by Gasteiger charge is 2.14. The number of benzene rings is 3. The van der Waals surface area contributed by atoms with Crippen LogP contribution in [0.3, 0.4) is 0 Å². The van der Waals surface area contributed by atoms with Crippen molar-refractivity contribution in [2.45, 2.75) is 26.5 Å². The van der Waals surface area contributed by atoms with Crippen molar-refractivity contribution in [2.24, 2.45) is 0 Å². The summed E-state index contributed by atoms with van der Waals surface area (Å²) in [5.41, 5.74) is 2.24. The Labute approximate surface area is 193 Å². The van der Waals surface area contributed by atoms with Crippen LogP contribution < -0.4 is 14.8 Å². The van der Waals surface area contributed by atoms with Crippen molar-refractivity contribution in [1.82, 2.24) is 5.32 Å². The minimum absolute atomic E-state index is 0.0198. The molecule has 33 heavy (non-hydrogen) atoms. The van der Waals surface area contributed by atoms with Gasteiger partial charge in [-0.05, 0) is 60.9 Å². The summed E-state index contributed by atoms with van der Waals surface area (Å²) in [6.45, 7) is 4.29. The summed E-state index contributed by atoms with van der Waals surface area (Å²) in [4.78, 5) is 12.6. The highest BCUT2D eigenvalue weighted by Crippen LogP contribution is 2.30. The minimum atomic E-state index is -0.460. The average Bonchev–Trinajstić information content (AvgIpc) is 2.82. The molecule has 0 unspecified atom stereocenters. The molecule has 0 aliphatic heterocycles. The number of nitrogens with one attached hydrogen (secondary N) is 1. The summed E-state index contributed by atoms with van der Waals surface area (Å²) in [5, 5.41) is 12.4. The van der Waals surface area contributed by atoms with Crippen molar-refractivity contribution in [2.75, 3.05) is 6.61 Å². The molecule has 5 nitrogen and oxygen atoms in total. The Morgan fingerprint density at radius 2 is 1.85 bits per heavy atom. The summed E-state index contributed by atoms with van der Waals surface area (Å²) in [7, 11) is 0. The third kappa shape index (κ3) is 6.68. The van der Waals surface area contributed by atoms with Crippen LogP contribution in [0.4, 0.5) is 4.39 Å². The lowest BCUT2D eigenvalue weighted by Crippen LogP contribution is -2.27. The van der Waals surface area contributed by atoms with E-state index >= 15 is 0 Å². The zero-order chi connectivity index (χ0) is 23.6. The maximum atomic E-state index is 13.4. The molecular formula is C27H25FN2O3. The molecule has 0 spiro atoms. The lowest BCUT2D eigenvalue weighted by atomic mass is 10.1. The average molecular weight is 445 g/mol. The van der Waals surface area contributed by atoms with E-state index in [1.165, 1.54) is 18.2 Å². The van der Waals surface area contributed by atoms with Crippen LogP contribution in [0, 0.1) is 17.1 Å². The Balaban J connectivity index is 1.75. The van der Waals surface area contributed by atoms with Gasteiger partial charge in [-0.3, -0.25) is 4.79 Å². The third-order valence-corrected chi connectivity index (χ3v) is 4.87. The van der Waals surface area contributed by atoms with Gasteiger partial charge in [0.2, 0.25) is 0 Å². The molecule has 6 heteroatoms. The number of rotatable bonds is 9. The second-order valence-electron chi connectivity index (χ2n) is 7.33. The van der Waals surface area contributed by atoms with E-state index in [4.69, 9.17) is 9.47 Å². The van der Waals surface area contributed by atoms with Crippen LogP contribution in [0.2, 0.25) is 0 Å². The molecule has 0 aliphatic rings. The molecule has 0 radical (unpaired) electrons. The highest BCUT2D eigenvalue weighted by molar-refractivity contribution is 6.01. The molecule has 0 saturated carbocycles. The van der Waals surface area contributed by atoms with Crippen molar-refractivity contribution in [3.8, 4) is 17.6 Å². The summed E-state index contributed by atoms with van der Waals surface area (Å²) in [6, 6.07) is 22.6. The molecule has 0 heterocycles. The van der Waals surface area contributed by atoms with E-state index in [0.29, 0.717) is 29.2 Å². The van der Waals surface area contributed by atoms with Gasteiger partial charge in [0.05, 0.1) is 12.6 Å². The molecule has 0 fully saturated rings. The van der Waals surface area contributed by atoms with E-state index in [1.54, 1.807) is 30.3 Å². The summed E-state index contributed by atoms with van der Waals surface area (Å²) >= 11 is 0. The monoisotopic (exact) mass is 444 g/mol. The number of nitrogens with zero attached hydrogens (tertiary/aromatic N) is 1. The first-order chi connectivity index (χ1) is 16.0. The van der Waals surface area contributed by atoms with Gasteiger partial charge in [-0.1, -0.05) is 48.5 Å². The first kappa shape index (κ1) is 23.6. The third-order valence-electron chi connectivity index (χ3n) is 4.87. The molecule has 3 aromatic carbocycles. The van der Waals surface area contributed by atoms with Crippen LogP contribution in [0.15, 0.2) is 78.4 Å². The molecule has 0 aliphatic carbocycles. The standard InChI is InChI=1S/C27H25FN2O3/c1-3-32-26-16-20(12-13-25(26)33-18-21-8-7-11-24(28)15-21)14-23(17-29)27(31)30-19(2)22-9-5-4-6-10-22/h4-16,19H,3,18H2,1-2H3,(H,30,31)/b23-14+/t19-/m1/s1. The van der Waals surface area contributed by atoms with Crippen LogP contribution in [-0.2, 0) is 11.4 Å². The second-order valence-corrected chi connectivity index (χ2v) is 7.33. The van der Waals surface area contributed by atoms with Gasteiger partial charge in [0.25, 0.3) is 5.91 Å². The Morgan fingerprint density at radius 1 is 1.06 bits per heavy atom. The fraction of sp³-hybridized carbons (Fsp3) is 0.185. The SMILES string of the molecule is CCOc1cc(/C=C(\C#N)C(=O)N[C@H](C)c2ccccc2)ccc1OCc1cccc(F)c1. The first-order valence-electron chi connectivity index (χ1n) is 10.6. The Hall–Kier alpha value is -4.11. The zero-order valence-electron chi connectivity index (χ0n) is 18.5. The van der Waals surface area contributed by atoms with Gasteiger partial charge in [0, 0.05) is 0 Å². The normalized spacial score (nSPS) is 11.9. The summed E-state index contributed by atoms with van der Waals surface area (Å²) in [5.74, 6) is 0.167. The van der Waals surface area contributed by atoms with Gasteiger partial charge >= 0.3 is 0 Å². The molecule has 0 bridgehead atoms. The summed E-state index contributed by atoms with van der Waals surface area (Å²) in [6.07, 6.45) is 1.51. The molecule has 3 rings (SSSR count). The smallest absolute Gasteiger partial charge is 0.262 e. The fourth-order valence-corrected chi connectivity index (χ4v) is 3.20. The lowest BCUT2D eigenvalue weighted by Gasteiger charge is -2.14. The Bertz CT molecular complexity index is 1170. The predicted molar refractivity (Wildman–Crippen MR) is 125 cm³/mol. The predicted octanol–water partition coefficient (Wildman–Crippen LogP) is 5.59. The van der Waals surface area contributed by atoms with E-state index in [1.807, 2.05) is 50.2 Å². The minimum Gasteiger partial charge on any atom is -0.490 e. The Morgan fingerprint density at radius 3 is 2.55 bits per heavy atom. The first-order valence-corrected chi connectivity index (χ1v) is 10.6. The number of hydrogen-bond donors (Lipinski definition) is 1. The fourth-order valence-electron chi connectivity index (χ4n) is 3.20. The van der Waals surface area contributed by atoms with E-state index in [2.05, 4.69) is 5.32 Å². The van der Waals surface area contributed by atoms with Crippen LogP contribution in [-0.4, -0.2) is 12.5 Å². The molecular weight excluding hydrogens is 419 g/mol. The summed E-state index contributed by atoms with van der Waals surface area (Å²) < 4.78 is 24.9. The van der Waals surface area contributed by atoms with E-state index in [0.717, 1.165) is 5.56 Å². The van der Waals surface area contributed by atoms with Crippen molar-refractivity contribution in [3.05, 3.63) is 101 Å². The zero-order valence-corrected chi connectivity index (χ0v) is 18.5. The van der Waals surface area contributed by atoms with Gasteiger partial charge in [-0.25, -0.2) is 4.39 Å². The van der Waals surface area contributed by atoms with E-state index in [9.17, 15) is 14.4 Å². The number of ether oxygens (including phenoxy) is 2. The molecule has 0 saturated heterocycles. The largest absolute Gasteiger partial charge is 0.490 e. The maximum Gasteiger partial charge on any atom is 0.262 e. The number of carbonyl (C=O) groups is 1. The van der Waals surface area contributed by atoms with Gasteiger partial charge in [-0.15, -0.1) is 0 Å². The lowest BCUT2D eigenvalue weighted by molar-refractivity contribution is -0.117. The molecule has 0 aromatic heterocycles. The second kappa shape index (κ2) is 11.5. The van der Waals surface area contributed by atoms with Crippen molar-refractivity contribution in [1.29, 1.82) is 5.26 Å². The van der Waals surface area contributed by atoms with Crippen LogP contribution >= 0.6 is 0 Å². The van der Waals surface area contributed by atoms with Crippen LogP contribution in [0.1, 0.15) is 36.6 Å². The molecule has 1 atom stereocenters. The van der Waals surface area contributed by atoms with E-state index < -0.39 is 5.91 Å². The topological polar surface area (TPSA) is 71.3 Å². The Kier molecular flexibility index (Phi) is 8.20. The number of halogens is 1. The van der Waals surface area contributed by atoms with Crippen LogP contribution in [0.5, 0.6) is 11.5 Å². The number of carbonyl (C=O) groups excluding carboxylic acids is 1. The number of amides is 1. The van der Waals surface area contributed by atoms with Crippen LogP contribution in [0.25, 0.3) is 6.08 Å². The molecule has 1 amide bonds. The van der Waals surface area contributed by atoms with Gasteiger partial charge < -0.3 is 14.8 Å². The molecule has 3 aromatic rings. The molecule has 168 valence electrons. The highest BCUT2D eigenvalue weighted by atomic mass is 19.1. The number of hydrogen-bond acceptors (Lipinski definition) is 4. The van der Waals surface area contributed by atoms with E-state index in [-0.39, 0.29) is 24.0 Å². The van der Waals surface area contributed by atoms with Gasteiger partial charge in [-0.2, -0.15) is 5.26 Å². The quantitative estimate of drug-likeness (QED) is 0.345. The van der Waals surface area contributed by atoms with Crippen molar-refractivity contribution >= 4 is 12.0 Å². The van der Waals surface area contributed by atoms with Crippen molar-refractivity contribution in [3.63, 3.8) is 0 Å². The maximum absolute atomic E-state index is 13.4. The number of nitriles is 1.